The van der Waals surface area contributed by atoms with E-state index in [4.69, 9.17) is 4.42 Å². The maximum absolute atomic E-state index is 6.17. The van der Waals surface area contributed by atoms with Crippen LogP contribution in [0.4, 0.5) is 34.1 Å². The Labute approximate surface area is 320 Å². The van der Waals surface area contributed by atoms with Gasteiger partial charge in [-0.05, 0) is 107 Å². The van der Waals surface area contributed by atoms with Gasteiger partial charge in [0.2, 0.25) is 0 Å². The molecule has 9 aromatic carbocycles. The Kier molecular flexibility index (Phi) is 8.16. The zero-order valence-corrected chi connectivity index (χ0v) is 30.1. The molecule has 0 amide bonds. The summed E-state index contributed by atoms with van der Waals surface area (Å²) in [5.41, 5.74) is 13.1. The van der Waals surface area contributed by atoms with Crippen LogP contribution in [0.2, 0.25) is 0 Å². The molecule has 0 aliphatic carbocycles. The van der Waals surface area contributed by atoms with E-state index in [0.717, 1.165) is 61.6 Å². The minimum Gasteiger partial charge on any atom is -0.456 e. The molecule has 0 aliphatic heterocycles. The molecule has 0 unspecified atom stereocenters. The maximum Gasteiger partial charge on any atom is 0.135 e. The molecular formula is C52H36N2O. The summed E-state index contributed by atoms with van der Waals surface area (Å²) in [6, 6.07) is 77.6. The lowest BCUT2D eigenvalue weighted by Crippen LogP contribution is -2.10. The van der Waals surface area contributed by atoms with E-state index >= 15 is 0 Å². The van der Waals surface area contributed by atoms with Gasteiger partial charge in [-0.15, -0.1) is 0 Å². The van der Waals surface area contributed by atoms with Gasteiger partial charge in [0.25, 0.3) is 0 Å². The fraction of sp³-hybridized carbons (Fsp3) is 0. The molecule has 0 radical (unpaired) electrons. The Bertz CT molecular complexity index is 2900. The van der Waals surface area contributed by atoms with Crippen LogP contribution < -0.4 is 9.80 Å². The highest BCUT2D eigenvalue weighted by Crippen LogP contribution is 2.44. The van der Waals surface area contributed by atoms with E-state index in [1.165, 1.54) is 27.5 Å². The number of furan rings is 1. The van der Waals surface area contributed by atoms with Crippen LogP contribution in [0, 0.1) is 0 Å². The summed E-state index contributed by atoms with van der Waals surface area (Å²) in [4.78, 5) is 4.68. The second-order valence-corrected chi connectivity index (χ2v) is 13.8. The van der Waals surface area contributed by atoms with E-state index in [1.54, 1.807) is 0 Å². The van der Waals surface area contributed by atoms with Gasteiger partial charge in [0, 0.05) is 44.6 Å². The van der Waals surface area contributed by atoms with E-state index in [-0.39, 0.29) is 0 Å². The maximum atomic E-state index is 6.17. The lowest BCUT2D eigenvalue weighted by Gasteiger charge is -2.28. The van der Waals surface area contributed by atoms with E-state index in [9.17, 15) is 0 Å². The highest BCUT2D eigenvalue weighted by Gasteiger charge is 2.19. The third-order valence-electron chi connectivity index (χ3n) is 10.5. The van der Waals surface area contributed by atoms with Crippen molar-refractivity contribution in [3.8, 4) is 22.3 Å². The first-order chi connectivity index (χ1) is 27.3. The average molecular weight is 705 g/mol. The van der Waals surface area contributed by atoms with Gasteiger partial charge in [-0.2, -0.15) is 0 Å². The van der Waals surface area contributed by atoms with Gasteiger partial charge < -0.3 is 14.2 Å². The zero-order chi connectivity index (χ0) is 36.6. The summed E-state index contributed by atoms with van der Waals surface area (Å²) in [5, 5.41) is 4.61. The van der Waals surface area contributed by atoms with Crippen molar-refractivity contribution in [1.82, 2.24) is 0 Å². The Hall–Kier alpha value is -7.36. The Morgan fingerprint density at radius 3 is 1.44 bits per heavy atom. The fourth-order valence-corrected chi connectivity index (χ4v) is 7.84. The number of hydrogen-bond donors (Lipinski definition) is 0. The zero-order valence-electron chi connectivity index (χ0n) is 30.1. The second-order valence-electron chi connectivity index (χ2n) is 13.8. The Morgan fingerprint density at radius 1 is 0.273 bits per heavy atom. The minimum atomic E-state index is 0.888. The first kappa shape index (κ1) is 32.3. The monoisotopic (exact) mass is 704 g/mol. The minimum absolute atomic E-state index is 0.888. The fourth-order valence-electron chi connectivity index (χ4n) is 7.84. The van der Waals surface area contributed by atoms with Crippen LogP contribution in [0.25, 0.3) is 55.0 Å². The summed E-state index contributed by atoms with van der Waals surface area (Å²) in [7, 11) is 0. The van der Waals surface area contributed by atoms with Crippen molar-refractivity contribution in [3.05, 3.63) is 218 Å². The van der Waals surface area contributed by atoms with Gasteiger partial charge in [-0.3, -0.25) is 0 Å². The molecule has 0 saturated carbocycles. The molecule has 10 rings (SSSR count). The molecule has 0 aliphatic rings. The SMILES string of the molecule is c1ccc(-c2ccc(N(c3ccccc3)c3ccc(-c4ccc(N(c5ccccc5)c5ccc6oc7ccccc7c6c5)cc4)c4ccccc34)cc2)cc1. The summed E-state index contributed by atoms with van der Waals surface area (Å²) in [6.45, 7) is 0. The van der Waals surface area contributed by atoms with Crippen molar-refractivity contribution in [3.63, 3.8) is 0 Å². The summed E-state index contributed by atoms with van der Waals surface area (Å²) in [5.74, 6) is 0. The number of rotatable bonds is 8. The smallest absolute Gasteiger partial charge is 0.135 e. The largest absolute Gasteiger partial charge is 0.456 e. The van der Waals surface area contributed by atoms with Crippen molar-refractivity contribution in [1.29, 1.82) is 0 Å². The Balaban J connectivity index is 1.05. The van der Waals surface area contributed by atoms with E-state index in [1.807, 2.05) is 12.1 Å². The molecule has 0 bridgehead atoms. The van der Waals surface area contributed by atoms with Gasteiger partial charge in [0.05, 0.1) is 5.69 Å². The van der Waals surface area contributed by atoms with Crippen molar-refractivity contribution in [2.45, 2.75) is 0 Å². The Morgan fingerprint density at radius 2 is 0.745 bits per heavy atom. The predicted molar refractivity (Wildman–Crippen MR) is 231 cm³/mol. The van der Waals surface area contributed by atoms with E-state index in [2.05, 4.69) is 216 Å². The van der Waals surface area contributed by atoms with Gasteiger partial charge in [0.1, 0.15) is 11.2 Å². The van der Waals surface area contributed by atoms with Crippen LogP contribution >= 0.6 is 0 Å². The molecule has 0 saturated heterocycles. The quantitative estimate of drug-likeness (QED) is 0.157. The molecule has 3 heteroatoms. The van der Waals surface area contributed by atoms with Gasteiger partial charge in [0.15, 0.2) is 0 Å². The molecule has 0 atom stereocenters. The van der Waals surface area contributed by atoms with Crippen LogP contribution in [-0.2, 0) is 0 Å². The molecule has 10 aromatic rings. The van der Waals surface area contributed by atoms with Crippen LogP contribution in [0.3, 0.4) is 0 Å². The molecule has 0 N–H and O–H groups in total. The number of anilines is 6. The van der Waals surface area contributed by atoms with Gasteiger partial charge in [-0.1, -0.05) is 140 Å². The first-order valence-corrected chi connectivity index (χ1v) is 18.7. The molecule has 1 heterocycles. The highest BCUT2D eigenvalue weighted by atomic mass is 16.3. The van der Waals surface area contributed by atoms with Crippen LogP contribution in [0.5, 0.6) is 0 Å². The van der Waals surface area contributed by atoms with Crippen LogP contribution in [0.1, 0.15) is 0 Å². The molecule has 3 nitrogen and oxygen atoms in total. The predicted octanol–water partition coefficient (Wildman–Crippen LogP) is 15.0. The van der Waals surface area contributed by atoms with E-state index in [0.29, 0.717) is 0 Å². The third-order valence-corrected chi connectivity index (χ3v) is 10.5. The van der Waals surface area contributed by atoms with Crippen molar-refractivity contribution < 1.29 is 4.42 Å². The summed E-state index contributed by atoms with van der Waals surface area (Å²) < 4.78 is 6.17. The molecule has 260 valence electrons. The van der Waals surface area contributed by atoms with Gasteiger partial charge in [-0.25, -0.2) is 0 Å². The highest BCUT2D eigenvalue weighted by molar-refractivity contribution is 6.08. The number of benzene rings is 9. The lowest BCUT2D eigenvalue weighted by atomic mass is 9.96. The van der Waals surface area contributed by atoms with Crippen molar-refractivity contribution >= 4 is 66.8 Å². The molecule has 0 fully saturated rings. The number of hydrogen-bond acceptors (Lipinski definition) is 3. The molecule has 1 aromatic heterocycles. The summed E-state index contributed by atoms with van der Waals surface area (Å²) in [6.07, 6.45) is 0. The van der Waals surface area contributed by atoms with Gasteiger partial charge >= 0.3 is 0 Å². The van der Waals surface area contributed by atoms with E-state index < -0.39 is 0 Å². The topological polar surface area (TPSA) is 19.6 Å². The number of nitrogens with zero attached hydrogens (tertiary/aromatic N) is 2. The first-order valence-electron chi connectivity index (χ1n) is 18.7. The second kappa shape index (κ2) is 13.9. The number of para-hydroxylation sites is 3. The molecule has 55 heavy (non-hydrogen) atoms. The number of fused-ring (bicyclic) bond motifs is 4. The molecule has 0 spiro atoms. The van der Waals surface area contributed by atoms with Crippen LogP contribution in [-0.4, -0.2) is 0 Å². The standard InChI is InChI=1S/C52H36N2O/c1-4-14-37(15-5-1)38-24-28-43(29-25-38)54(41-18-8-3-9-19-41)50-34-33-45(46-20-10-11-21-47(46)50)39-26-30-42(31-27-39)53(40-16-6-2-7-17-40)44-32-35-52-49(36-44)48-22-12-13-23-51(48)55-52/h1-36H. The lowest BCUT2D eigenvalue weighted by molar-refractivity contribution is 0.669. The van der Waals surface area contributed by atoms with Crippen molar-refractivity contribution in [2.75, 3.05) is 9.80 Å². The van der Waals surface area contributed by atoms with Crippen LogP contribution in [0.15, 0.2) is 223 Å². The normalized spacial score (nSPS) is 11.3. The summed E-state index contributed by atoms with van der Waals surface area (Å²) >= 11 is 0. The van der Waals surface area contributed by atoms with Crippen molar-refractivity contribution in [2.24, 2.45) is 0 Å². The molecular weight excluding hydrogens is 669 g/mol. The third kappa shape index (κ3) is 5.98. The average Bonchev–Trinajstić information content (AvgIpc) is 3.64.